The Kier molecular flexibility index (Phi) is 11.3. The molecule has 4 rings (SSSR count). The van der Waals surface area contributed by atoms with Gasteiger partial charge in [0.05, 0.1) is 0 Å². The van der Waals surface area contributed by atoms with E-state index in [1.165, 1.54) is 57.7 Å². The third-order valence-electron chi connectivity index (χ3n) is 8.44. The zero-order valence-electron chi connectivity index (χ0n) is 24.5. The van der Waals surface area contributed by atoms with Crippen LogP contribution in [0.4, 0.5) is 4.39 Å². The van der Waals surface area contributed by atoms with Crippen LogP contribution in [0.2, 0.25) is 13.3 Å². The van der Waals surface area contributed by atoms with E-state index >= 15 is 0 Å². The van der Waals surface area contributed by atoms with E-state index in [0.717, 1.165) is 35.4 Å². The van der Waals surface area contributed by atoms with Gasteiger partial charge in [0, 0.05) is 0 Å². The number of rotatable bonds is 16. The van der Waals surface area contributed by atoms with Gasteiger partial charge in [-0.15, -0.1) is 0 Å². The molecule has 1 aromatic heterocycles. The molecule has 2 heterocycles. The van der Waals surface area contributed by atoms with E-state index in [1.54, 1.807) is 23.0 Å². The number of halogens is 1. The van der Waals surface area contributed by atoms with Crippen LogP contribution in [0.25, 0.3) is 11.3 Å². The summed E-state index contributed by atoms with van der Waals surface area (Å²) in [6.45, 7) is 8.28. The molecular formula is C33H47FN2O2Sn. The number of fused-ring (bicyclic) bond motifs is 1. The third kappa shape index (κ3) is 7.27. The summed E-state index contributed by atoms with van der Waals surface area (Å²) in [4.78, 5) is 5.34. The molecule has 6 heteroatoms. The van der Waals surface area contributed by atoms with Crippen LogP contribution in [0, 0.1) is 5.82 Å². The number of hydrogen-bond donors (Lipinski definition) is 0. The quantitative estimate of drug-likeness (QED) is 0.147. The van der Waals surface area contributed by atoms with Crippen molar-refractivity contribution in [3.05, 3.63) is 65.7 Å². The van der Waals surface area contributed by atoms with Gasteiger partial charge in [-0.1, -0.05) is 0 Å². The molecule has 0 radical (unpaired) electrons. The van der Waals surface area contributed by atoms with Crippen molar-refractivity contribution in [1.29, 1.82) is 0 Å². The summed E-state index contributed by atoms with van der Waals surface area (Å²) < 4.78 is 34.0. The second-order valence-corrected chi connectivity index (χ2v) is 24.2. The van der Waals surface area contributed by atoms with E-state index in [2.05, 4.69) is 37.5 Å². The summed E-state index contributed by atoms with van der Waals surface area (Å²) in [5.74, 6) is 1.90. The number of unbranched alkanes of at least 4 members (excludes halogenated alkanes) is 3. The summed E-state index contributed by atoms with van der Waals surface area (Å²) >= 11 is -2.90. The zero-order valence-corrected chi connectivity index (χ0v) is 27.3. The molecule has 1 atom stereocenters. The van der Waals surface area contributed by atoms with Crippen molar-refractivity contribution in [2.45, 2.75) is 98.1 Å². The molecule has 0 N–H and O–H groups in total. The summed E-state index contributed by atoms with van der Waals surface area (Å²) in [6, 6.07) is 15.5. The molecule has 0 amide bonds. The van der Waals surface area contributed by atoms with E-state index in [0.29, 0.717) is 19.3 Å². The van der Waals surface area contributed by atoms with Gasteiger partial charge < -0.3 is 0 Å². The number of aromatic nitrogens is 2. The molecule has 1 aliphatic rings. The van der Waals surface area contributed by atoms with Crippen LogP contribution in [0.1, 0.15) is 83.1 Å². The molecule has 3 aromatic rings. The van der Waals surface area contributed by atoms with Gasteiger partial charge in [0.15, 0.2) is 0 Å². The van der Waals surface area contributed by atoms with Gasteiger partial charge in [0.2, 0.25) is 0 Å². The normalized spacial score (nSPS) is 15.1. The topological polar surface area (TPSA) is 36.3 Å². The Morgan fingerprint density at radius 3 is 2.08 bits per heavy atom. The fraction of sp³-hybridized carbons (Fsp3) is 0.545. The molecule has 0 unspecified atom stereocenters. The molecule has 0 bridgehead atoms. The molecule has 4 nitrogen and oxygen atoms in total. The van der Waals surface area contributed by atoms with Crippen molar-refractivity contribution in [1.82, 2.24) is 9.55 Å². The van der Waals surface area contributed by atoms with Gasteiger partial charge in [-0.3, -0.25) is 0 Å². The van der Waals surface area contributed by atoms with Gasteiger partial charge >= 0.3 is 240 Å². The Hall–Kier alpha value is -1.86. The zero-order chi connectivity index (χ0) is 27.7. The van der Waals surface area contributed by atoms with Gasteiger partial charge in [0.25, 0.3) is 0 Å². The predicted molar refractivity (Wildman–Crippen MR) is 162 cm³/mol. The minimum atomic E-state index is -2.90. The monoisotopic (exact) mass is 642 g/mol. The summed E-state index contributed by atoms with van der Waals surface area (Å²) in [7, 11) is 1.69. The van der Waals surface area contributed by atoms with Crippen LogP contribution < -0.4 is 8.45 Å². The summed E-state index contributed by atoms with van der Waals surface area (Å²) in [6.07, 6.45) is 9.66. The Morgan fingerprint density at radius 1 is 0.897 bits per heavy atom. The van der Waals surface area contributed by atoms with Crippen LogP contribution in [0.5, 0.6) is 5.75 Å². The predicted octanol–water partition coefficient (Wildman–Crippen LogP) is 8.46. The number of methoxy groups -OCH3 is 1. The Morgan fingerprint density at radius 2 is 1.51 bits per heavy atom. The SMILES string of the molecule is CCC[CH2][Sn]([CH2]CCC)([CH2]CCC)[c]1c(-c2ccc(F)cc2)nc2n1[C@H](COCc1ccc(OC)cc1)CC2. The van der Waals surface area contributed by atoms with Crippen LogP contribution in [-0.2, 0) is 17.8 Å². The summed E-state index contributed by atoms with van der Waals surface area (Å²) in [5, 5.41) is 0. The number of aryl methyl sites for hydroxylation is 1. The maximum atomic E-state index is 13.9. The van der Waals surface area contributed by atoms with Crippen molar-refractivity contribution in [3.8, 4) is 17.0 Å². The second kappa shape index (κ2) is 14.7. The van der Waals surface area contributed by atoms with Gasteiger partial charge in [-0.05, 0) is 0 Å². The Balaban J connectivity index is 1.72. The molecule has 0 fully saturated rings. The first-order valence-electron chi connectivity index (χ1n) is 15.1. The number of imidazole rings is 1. The average Bonchev–Trinajstić information content (AvgIpc) is 3.54. The van der Waals surface area contributed by atoms with Crippen molar-refractivity contribution in [3.63, 3.8) is 0 Å². The fourth-order valence-electron chi connectivity index (χ4n) is 6.26. The van der Waals surface area contributed by atoms with Crippen molar-refractivity contribution in [2.75, 3.05) is 13.7 Å². The molecule has 39 heavy (non-hydrogen) atoms. The van der Waals surface area contributed by atoms with Crippen LogP contribution >= 0.6 is 0 Å². The second-order valence-electron chi connectivity index (χ2n) is 11.2. The summed E-state index contributed by atoms with van der Waals surface area (Å²) in [5.41, 5.74) is 3.40. The molecule has 2 aromatic carbocycles. The number of hydrogen-bond acceptors (Lipinski definition) is 3. The van der Waals surface area contributed by atoms with Gasteiger partial charge in [-0.2, -0.15) is 0 Å². The first kappa shape index (κ1) is 30.1. The Labute approximate surface area is 239 Å². The van der Waals surface area contributed by atoms with Crippen molar-refractivity contribution in [2.24, 2.45) is 0 Å². The first-order valence-corrected chi connectivity index (χ1v) is 22.6. The van der Waals surface area contributed by atoms with Crippen molar-refractivity contribution >= 4 is 22.1 Å². The maximum absolute atomic E-state index is 13.9. The number of nitrogens with zero attached hydrogens (tertiary/aromatic N) is 2. The fourth-order valence-corrected chi connectivity index (χ4v) is 23.6. The van der Waals surface area contributed by atoms with E-state index in [-0.39, 0.29) is 5.82 Å². The minimum absolute atomic E-state index is 0.186. The molecule has 212 valence electrons. The molecule has 0 saturated heterocycles. The van der Waals surface area contributed by atoms with E-state index in [4.69, 9.17) is 14.5 Å². The standard InChI is InChI=1S/C21H20FN2O2.3C4H9.Sn/c1-25-19-9-2-15(3-10-19)13-26-14-18-8-11-21-23-20(12-24(18)21)16-4-6-17(22)7-5-16;3*1-3-4-2;/h2-7,9-10,18H,8,11,13-14H2,1H3;3*1,3-4H2,2H3;/t18-;;;;/m0..../s1. The van der Waals surface area contributed by atoms with Crippen LogP contribution in [-0.4, -0.2) is 41.6 Å². The van der Waals surface area contributed by atoms with E-state index < -0.39 is 18.4 Å². The third-order valence-corrected chi connectivity index (χ3v) is 23.9. The first-order chi connectivity index (χ1) is 19.0. The Bertz CT molecular complexity index is 1140. The number of ether oxygens (including phenoxy) is 2. The molecule has 0 aliphatic carbocycles. The van der Waals surface area contributed by atoms with Crippen molar-refractivity contribution < 1.29 is 13.9 Å². The molecule has 0 saturated carbocycles. The molecular weight excluding hydrogens is 594 g/mol. The number of benzene rings is 2. The van der Waals surface area contributed by atoms with E-state index in [1.807, 2.05) is 24.3 Å². The molecule has 0 spiro atoms. The average molecular weight is 641 g/mol. The van der Waals surface area contributed by atoms with Crippen LogP contribution in [0.3, 0.4) is 0 Å². The van der Waals surface area contributed by atoms with Gasteiger partial charge in [0.1, 0.15) is 0 Å². The van der Waals surface area contributed by atoms with E-state index in [9.17, 15) is 4.39 Å². The molecule has 1 aliphatic heterocycles. The van der Waals surface area contributed by atoms with Gasteiger partial charge in [-0.25, -0.2) is 0 Å². The van der Waals surface area contributed by atoms with Crippen LogP contribution in [0.15, 0.2) is 48.5 Å².